The van der Waals surface area contributed by atoms with Gasteiger partial charge < -0.3 is 9.47 Å². The fourth-order valence-corrected chi connectivity index (χ4v) is 1.91. The van der Waals surface area contributed by atoms with E-state index in [-0.39, 0.29) is 18.2 Å². The molecule has 0 spiro atoms. The molecule has 0 aliphatic heterocycles. The Bertz CT molecular complexity index is 678. The molecule has 2 aromatic carbocycles. The van der Waals surface area contributed by atoms with Crippen molar-refractivity contribution in [3.8, 4) is 11.5 Å². The molecular formula is C18H18FNO3. The largest absolute Gasteiger partial charge is 0.466 e. The second-order valence-electron chi connectivity index (χ2n) is 4.88. The lowest BCUT2D eigenvalue weighted by Gasteiger charge is -2.06. The molecule has 4 nitrogen and oxygen atoms in total. The topological polar surface area (TPSA) is 47.9 Å². The third-order valence-corrected chi connectivity index (χ3v) is 2.91. The Morgan fingerprint density at radius 1 is 1.04 bits per heavy atom. The van der Waals surface area contributed by atoms with Crippen LogP contribution >= 0.6 is 0 Å². The highest BCUT2D eigenvalue weighted by molar-refractivity contribution is 5.98. The quantitative estimate of drug-likeness (QED) is 0.575. The number of carbonyl (C=O) groups is 1. The highest BCUT2D eigenvalue weighted by Gasteiger charge is 2.04. The Labute approximate surface area is 134 Å². The fraction of sp³-hybridized carbons (Fsp3) is 0.222. The van der Waals surface area contributed by atoms with Crippen LogP contribution in [0, 0.1) is 5.82 Å². The molecule has 0 fully saturated rings. The lowest BCUT2D eigenvalue weighted by Crippen LogP contribution is -2.08. The minimum absolute atomic E-state index is 0.168. The van der Waals surface area contributed by atoms with Crippen molar-refractivity contribution in [2.75, 3.05) is 6.61 Å². The van der Waals surface area contributed by atoms with Gasteiger partial charge in [-0.3, -0.25) is 9.79 Å². The molecule has 0 saturated carbocycles. The molecule has 0 N–H and O–H groups in total. The average molecular weight is 315 g/mol. The molecule has 0 aliphatic carbocycles. The first-order chi connectivity index (χ1) is 11.1. The van der Waals surface area contributed by atoms with Crippen LogP contribution in [0.4, 0.5) is 10.1 Å². The Balaban J connectivity index is 1.98. The maximum atomic E-state index is 12.8. The standard InChI is InChI=1S/C18H18FNO3/c1-3-22-18(21)12-13(2)20-15-6-10-17(11-7-15)23-16-8-4-14(19)5-9-16/h4-11H,3,12H2,1-2H3. The number of rotatable bonds is 6. The lowest BCUT2D eigenvalue weighted by atomic mass is 10.2. The molecule has 23 heavy (non-hydrogen) atoms. The van der Waals surface area contributed by atoms with E-state index in [1.54, 1.807) is 50.2 Å². The Morgan fingerprint density at radius 2 is 1.61 bits per heavy atom. The highest BCUT2D eigenvalue weighted by Crippen LogP contribution is 2.24. The summed E-state index contributed by atoms with van der Waals surface area (Å²) in [5.74, 6) is 0.587. The molecule has 0 atom stereocenters. The summed E-state index contributed by atoms with van der Waals surface area (Å²) in [5.41, 5.74) is 1.40. The van der Waals surface area contributed by atoms with Gasteiger partial charge in [-0.05, 0) is 62.4 Å². The Kier molecular flexibility index (Phi) is 5.86. The number of hydrogen-bond acceptors (Lipinski definition) is 4. The number of benzene rings is 2. The van der Waals surface area contributed by atoms with Crippen molar-refractivity contribution < 1.29 is 18.7 Å². The number of carbonyl (C=O) groups excluding carboxylic acids is 1. The SMILES string of the molecule is CCOC(=O)CC(C)=Nc1ccc(Oc2ccc(F)cc2)cc1. The van der Waals surface area contributed by atoms with Crippen molar-refractivity contribution in [3.63, 3.8) is 0 Å². The molecule has 0 aromatic heterocycles. The molecule has 0 saturated heterocycles. The van der Waals surface area contributed by atoms with E-state index in [0.717, 1.165) is 5.69 Å². The third-order valence-electron chi connectivity index (χ3n) is 2.91. The van der Waals surface area contributed by atoms with Crippen LogP contribution in [-0.4, -0.2) is 18.3 Å². The van der Waals surface area contributed by atoms with Crippen LogP contribution in [0.25, 0.3) is 0 Å². The van der Waals surface area contributed by atoms with Gasteiger partial charge in [0, 0.05) is 5.71 Å². The monoisotopic (exact) mass is 315 g/mol. The first-order valence-electron chi connectivity index (χ1n) is 7.30. The molecule has 0 unspecified atom stereocenters. The van der Waals surface area contributed by atoms with Gasteiger partial charge in [0.25, 0.3) is 0 Å². The fourth-order valence-electron chi connectivity index (χ4n) is 1.91. The van der Waals surface area contributed by atoms with E-state index in [9.17, 15) is 9.18 Å². The minimum atomic E-state index is -0.306. The normalized spacial score (nSPS) is 11.2. The van der Waals surface area contributed by atoms with E-state index in [1.807, 2.05) is 0 Å². The summed E-state index contributed by atoms with van der Waals surface area (Å²) < 4.78 is 23.3. The molecule has 5 heteroatoms. The maximum absolute atomic E-state index is 12.8. The van der Waals surface area contributed by atoms with Crippen molar-refractivity contribution in [2.24, 2.45) is 4.99 Å². The van der Waals surface area contributed by atoms with Crippen molar-refractivity contribution in [1.29, 1.82) is 0 Å². The van der Waals surface area contributed by atoms with E-state index < -0.39 is 0 Å². The Hall–Kier alpha value is -2.69. The third kappa shape index (κ3) is 5.54. The van der Waals surface area contributed by atoms with Crippen LogP contribution in [0.5, 0.6) is 11.5 Å². The zero-order valence-electron chi connectivity index (χ0n) is 13.1. The molecule has 0 heterocycles. The summed E-state index contributed by atoms with van der Waals surface area (Å²) in [4.78, 5) is 15.7. The van der Waals surface area contributed by atoms with Crippen molar-refractivity contribution in [2.45, 2.75) is 20.3 Å². The van der Waals surface area contributed by atoms with E-state index in [1.165, 1.54) is 12.1 Å². The molecule has 2 aromatic rings. The highest BCUT2D eigenvalue weighted by atomic mass is 19.1. The van der Waals surface area contributed by atoms with Gasteiger partial charge in [0.05, 0.1) is 18.7 Å². The second kappa shape index (κ2) is 8.08. The summed E-state index contributed by atoms with van der Waals surface area (Å²) in [7, 11) is 0. The van der Waals surface area contributed by atoms with Crippen LogP contribution in [0.3, 0.4) is 0 Å². The second-order valence-corrected chi connectivity index (χ2v) is 4.88. The molecule has 2 rings (SSSR count). The predicted octanol–water partition coefficient (Wildman–Crippen LogP) is 4.66. The molecule has 0 bridgehead atoms. The number of esters is 1. The smallest absolute Gasteiger partial charge is 0.311 e. The van der Waals surface area contributed by atoms with E-state index >= 15 is 0 Å². The van der Waals surface area contributed by atoms with Gasteiger partial charge in [-0.1, -0.05) is 0 Å². The maximum Gasteiger partial charge on any atom is 0.311 e. The van der Waals surface area contributed by atoms with Gasteiger partial charge >= 0.3 is 5.97 Å². The van der Waals surface area contributed by atoms with Crippen LogP contribution in [-0.2, 0) is 9.53 Å². The van der Waals surface area contributed by atoms with Crippen molar-refractivity contribution in [3.05, 3.63) is 54.3 Å². The summed E-state index contributed by atoms with van der Waals surface area (Å²) in [6.07, 6.45) is 0.168. The van der Waals surface area contributed by atoms with Crippen LogP contribution in [0.1, 0.15) is 20.3 Å². The van der Waals surface area contributed by atoms with E-state index in [4.69, 9.17) is 9.47 Å². The molecule has 0 radical (unpaired) electrons. The zero-order valence-corrected chi connectivity index (χ0v) is 13.1. The summed E-state index contributed by atoms with van der Waals surface area (Å²) >= 11 is 0. The van der Waals surface area contributed by atoms with Gasteiger partial charge in [-0.2, -0.15) is 0 Å². The number of aliphatic imine (C=N–C) groups is 1. The van der Waals surface area contributed by atoms with Crippen LogP contribution in [0.2, 0.25) is 0 Å². The number of halogens is 1. The zero-order chi connectivity index (χ0) is 16.7. The average Bonchev–Trinajstić information content (AvgIpc) is 2.51. The summed E-state index contributed by atoms with van der Waals surface area (Å²) in [5, 5.41) is 0. The predicted molar refractivity (Wildman–Crippen MR) is 86.9 cm³/mol. The van der Waals surface area contributed by atoms with Crippen LogP contribution < -0.4 is 4.74 Å². The molecule has 120 valence electrons. The number of ether oxygens (including phenoxy) is 2. The first-order valence-corrected chi connectivity index (χ1v) is 7.30. The Morgan fingerprint density at radius 3 is 2.17 bits per heavy atom. The molecular weight excluding hydrogens is 297 g/mol. The molecule has 0 amide bonds. The lowest BCUT2D eigenvalue weighted by molar-refractivity contribution is -0.141. The van der Waals surface area contributed by atoms with E-state index in [2.05, 4.69) is 4.99 Å². The van der Waals surface area contributed by atoms with E-state index in [0.29, 0.717) is 23.8 Å². The van der Waals surface area contributed by atoms with Gasteiger partial charge in [0.2, 0.25) is 0 Å². The van der Waals surface area contributed by atoms with Crippen molar-refractivity contribution in [1.82, 2.24) is 0 Å². The summed E-state index contributed by atoms with van der Waals surface area (Å²) in [6.45, 7) is 3.91. The van der Waals surface area contributed by atoms with Gasteiger partial charge in [0.1, 0.15) is 17.3 Å². The number of hydrogen-bond donors (Lipinski definition) is 0. The van der Waals surface area contributed by atoms with Crippen molar-refractivity contribution >= 4 is 17.4 Å². The van der Waals surface area contributed by atoms with Gasteiger partial charge in [-0.15, -0.1) is 0 Å². The molecule has 0 aliphatic rings. The van der Waals surface area contributed by atoms with Crippen LogP contribution in [0.15, 0.2) is 53.5 Å². The number of nitrogens with zero attached hydrogens (tertiary/aromatic N) is 1. The van der Waals surface area contributed by atoms with Gasteiger partial charge in [0.15, 0.2) is 0 Å². The van der Waals surface area contributed by atoms with Gasteiger partial charge in [-0.25, -0.2) is 4.39 Å². The minimum Gasteiger partial charge on any atom is -0.466 e. The summed E-state index contributed by atoms with van der Waals surface area (Å²) in [6, 6.07) is 12.9. The first kappa shape index (κ1) is 16.7.